The van der Waals surface area contributed by atoms with Crippen LogP contribution in [0.5, 0.6) is 0 Å². The number of hydrogen-bond acceptors (Lipinski definition) is 1. The Morgan fingerprint density at radius 3 is 1.65 bits per heavy atom. The summed E-state index contributed by atoms with van der Waals surface area (Å²) in [5.41, 5.74) is -4.89. The minimum Gasteiger partial charge on any atom is -0.478 e. The van der Waals surface area contributed by atoms with Crippen molar-refractivity contribution in [2.45, 2.75) is 62.1 Å². The number of nitrogens with zero attached hydrogens (tertiary/aromatic N) is 1. The molecule has 34 heavy (non-hydrogen) atoms. The molecule has 0 radical (unpaired) electrons. The molecule has 1 N–H and O–H groups in total. The van der Waals surface area contributed by atoms with Crippen molar-refractivity contribution in [1.82, 2.24) is 0 Å². The standard InChI is InChI=1S/C18H12F13NO2/c1-7-12(2,3)9-6-8(11(33)34)4-5-10(9)32(7)18(30,31)16(25,26)14(21,22)13(19,20)15(23,24)17(27,28)29/h4-6H,1-3H3/p+1. The van der Waals surface area contributed by atoms with E-state index >= 15 is 0 Å². The molecular weight excluding hydrogens is 509 g/mol. The molecule has 0 amide bonds. The average Bonchev–Trinajstić information content (AvgIpc) is 2.86. The molecule has 0 bridgehead atoms. The van der Waals surface area contributed by atoms with E-state index in [1.54, 1.807) is 0 Å². The minimum absolute atomic E-state index is 0.446. The SMILES string of the molecule is CC1=[N+](C(F)(F)C(F)(F)C(F)(F)C(F)(F)C(F)(F)C(F)(F)F)c2ccc(C(=O)O)cc2C1(C)C. The zero-order chi connectivity index (χ0) is 27.1. The molecule has 0 saturated heterocycles. The summed E-state index contributed by atoms with van der Waals surface area (Å²) < 4.78 is 175. The maximum atomic E-state index is 14.8. The van der Waals surface area contributed by atoms with E-state index in [2.05, 4.69) is 0 Å². The number of alkyl halides is 13. The molecular formula is C18H13F13NO2+. The van der Waals surface area contributed by atoms with Gasteiger partial charge in [0.05, 0.1) is 11.0 Å². The Morgan fingerprint density at radius 1 is 0.794 bits per heavy atom. The molecule has 0 aliphatic carbocycles. The van der Waals surface area contributed by atoms with Gasteiger partial charge in [0.1, 0.15) is 0 Å². The van der Waals surface area contributed by atoms with Gasteiger partial charge in [0, 0.05) is 18.6 Å². The molecule has 0 unspecified atom stereocenters. The second-order valence-electron chi connectivity index (χ2n) is 7.92. The van der Waals surface area contributed by atoms with Crippen LogP contribution in [-0.2, 0) is 5.41 Å². The fraction of sp³-hybridized carbons (Fsp3) is 0.556. The first kappa shape index (κ1) is 27.7. The van der Waals surface area contributed by atoms with Gasteiger partial charge < -0.3 is 5.11 Å². The summed E-state index contributed by atoms with van der Waals surface area (Å²) in [5, 5.41) is 9.01. The van der Waals surface area contributed by atoms with Gasteiger partial charge in [-0.1, -0.05) is 0 Å². The van der Waals surface area contributed by atoms with Crippen LogP contribution in [0.15, 0.2) is 18.2 Å². The first-order valence-corrected chi connectivity index (χ1v) is 8.79. The lowest BCUT2D eigenvalue weighted by molar-refractivity contribution is -0.663. The van der Waals surface area contributed by atoms with E-state index in [1.165, 1.54) is 0 Å². The fourth-order valence-corrected chi connectivity index (χ4v) is 3.28. The second-order valence-corrected chi connectivity index (χ2v) is 7.92. The number of aromatic carboxylic acids is 1. The normalized spacial score (nSPS) is 17.8. The molecule has 192 valence electrons. The number of benzene rings is 1. The minimum atomic E-state index is -8.01. The molecule has 2 rings (SSSR count). The van der Waals surface area contributed by atoms with Crippen LogP contribution in [0, 0.1) is 0 Å². The number of fused-ring (bicyclic) bond motifs is 1. The Labute approximate surface area is 181 Å². The molecule has 1 aliphatic rings. The van der Waals surface area contributed by atoms with Crippen molar-refractivity contribution >= 4 is 17.4 Å². The summed E-state index contributed by atoms with van der Waals surface area (Å²) in [7, 11) is 0. The number of carboxylic acid groups (broad SMARTS) is 1. The van der Waals surface area contributed by atoms with Crippen LogP contribution in [0.4, 0.5) is 62.8 Å². The molecule has 16 heteroatoms. The van der Waals surface area contributed by atoms with E-state index in [4.69, 9.17) is 5.11 Å². The van der Waals surface area contributed by atoms with Crippen molar-refractivity contribution in [3.63, 3.8) is 0 Å². The van der Waals surface area contributed by atoms with Gasteiger partial charge in [0.2, 0.25) is 5.69 Å². The summed E-state index contributed by atoms with van der Waals surface area (Å²) in [6.45, 7) is 2.71. The highest BCUT2D eigenvalue weighted by Crippen LogP contribution is 2.61. The average molecular weight is 522 g/mol. The smallest absolute Gasteiger partial charge is 0.478 e. The molecule has 1 aliphatic heterocycles. The van der Waals surface area contributed by atoms with Gasteiger partial charge in [0.25, 0.3) is 0 Å². The molecule has 0 fully saturated rings. The third kappa shape index (κ3) is 3.26. The number of carbonyl (C=O) groups is 1. The first-order chi connectivity index (χ1) is 14.8. The molecule has 0 spiro atoms. The van der Waals surface area contributed by atoms with E-state index in [-0.39, 0.29) is 0 Å². The largest absolute Gasteiger partial charge is 0.534 e. The Hall–Kier alpha value is -2.55. The van der Waals surface area contributed by atoms with Crippen molar-refractivity contribution < 1.29 is 71.6 Å². The van der Waals surface area contributed by atoms with Crippen LogP contribution in [-0.4, -0.2) is 57.3 Å². The first-order valence-electron chi connectivity index (χ1n) is 8.79. The van der Waals surface area contributed by atoms with Gasteiger partial charge >= 0.3 is 41.9 Å². The maximum absolute atomic E-state index is 14.8. The zero-order valence-electron chi connectivity index (χ0n) is 16.9. The van der Waals surface area contributed by atoms with Crippen LogP contribution >= 0.6 is 0 Å². The van der Waals surface area contributed by atoms with Crippen LogP contribution in [0.2, 0.25) is 0 Å². The van der Waals surface area contributed by atoms with E-state index in [9.17, 15) is 61.9 Å². The predicted octanol–water partition coefficient (Wildman–Crippen LogP) is 6.48. The Morgan fingerprint density at radius 2 is 1.24 bits per heavy atom. The van der Waals surface area contributed by atoms with Crippen molar-refractivity contribution in [1.29, 1.82) is 0 Å². The summed E-state index contributed by atoms with van der Waals surface area (Å²) in [6.07, 6.45) is -7.50. The van der Waals surface area contributed by atoms with Crippen molar-refractivity contribution in [2.75, 3.05) is 0 Å². The second kappa shape index (κ2) is 7.23. The predicted molar refractivity (Wildman–Crippen MR) is 87.8 cm³/mol. The number of rotatable bonds is 6. The summed E-state index contributed by atoms with van der Waals surface area (Å²) in [4.78, 5) is 11.1. The fourth-order valence-electron chi connectivity index (χ4n) is 3.28. The molecule has 1 aromatic rings. The quantitative estimate of drug-likeness (QED) is 0.264. The number of carboxylic acids is 1. The molecule has 0 aromatic heterocycles. The van der Waals surface area contributed by atoms with Crippen LogP contribution in [0.1, 0.15) is 36.7 Å². The maximum Gasteiger partial charge on any atom is 0.534 e. The molecule has 0 atom stereocenters. The van der Waals surface area contributed by atoms with E-state index in [1.807, 2.05) is 0 Å². The van der Waals surface area contributed by atoms with Crippen LogP contribution in [0.25, 0.3) is 0 Å². The summed E-state index contributed by atoms with van der Waals surface area (Å²) in [5.74, 6) is -32.9. The lowest BCUT2D eigenvalue weighted by Gasteiger charge is -2.37. The van der Waals surface area contributed by atoms with Gasteiger partial charge in [0.15, 0.2) is 5.71 Å². The van der Waals surface area contributed by atoms with Crippen LogP contribution < -0.4 is 0 Å². The third-order valence-electron chi connectivity index (χ3n) is 5.60. The van der Waals surface area contributed by atoms with E-state index < -0.39 is 74.4 Å². The van der Waals surface area contributed by atoms with Gasteiger partial charge in [-0.15, -0.1) is 13.4 Å². The van der Waals surface area contributed by atoms with Gasteiger partial charge in [-0.3, -0.25) is 0 Å². The third-order valence-corrected chi connectivity index (χ3v) is 5.60. The highest BCUT2D eigenvalue weighted by Gasteiger charge is 2.94. The Bertz CT molecular complexity index is 1050. The van der Waals surface area contributed by atoms with Gasteiger partial charge in [-0.05, 0) is 26.0 Å². The highest BCUT2D eigenvalue weighted by atomic mass is 19.4. The Balaban J connectivity index is 2.79. The molecule has 1 heterocycles. The summed E-state index contributed by atoms with van der Waals surface area (Å²) in [6, 6.07) is -4.79. The lowest BCUT2D eigenvalue weighted by Crippen LogP contribution is -2.71. The zero-order valence-corrected chi connectivity index (χ0v) is 16.9. The highest BCUT2D eigenvalue weighted by molar-refractivity contribution is 5.95. The number of halogens is 13. The van der Waals surface area contributed by atoms with E-state index in [0.717, 1.165) is 13.8 Å². The topological polar surface area (TPSA) is 40.3 Å². The van der Waals surface area contributed by atoms with Crippen molar-refractivity contribution in [3.8, 4) is 0 Å². The van der Waals surface area contributed by atoms with E-state index in [0.29, 0.717) is 25.1 Å². The van der Waals surface area contributed by atoms with Gasteiger partial charge in [-0.25, -0.2) is 4.79 Å². The Kier molecular flexibility index (Phi) is 5.89. The molecule has 3 nitrogen and oxygen atoms in total. The van der Waals surface area contributed by atoms with Crippen molar-refractivity contribution in [3.05, 3.63) is 29.3 Å². The summed E-state index contributed by atoms with van der Waals surface area (Å²) >= 11 is 0. The lowest BCUT2D eigenvalue weighted by atomic mass is 9.81. The monoisotopic (exact) mass is 522 g/mol. The van der Waals surface area contributed by atoms with Gasteiger partial charge in [-0.2, -0.15) is 48.3 Å². The molecule has 0 saturated carbocycles. The van der Waals surface area contributed by atoms with Crippen LogP contribution in [0.3, 0.4) is 0 Å². The van der Waals surface area contributed by atoms with Crippen molar-refractivity contribution in [2.24, 2.45) is 0 Å². The number of hydrogen-bond donors (Lipinski definition) is 1. The molecule has 1 aromatic carbocycles.